The highest BCUT2D eigenvalue weighted by Crippen LogP contribution is 2.43. The van der Waals surface area contributed by atoms with Crippen LogP contribution in [0.1, 0.15) is 48.0 Å². The van der Waals surface area contributed by atoms with Crippen LogP contribution in [0.15, 0.2) is 0 Å². The lowest BCUT2D eigenvalue weighted by Gasteiger charge is -2.51. The number of carbonyl (C=O) groups is 6. The van der Waals surface area contributed by atoms with Crippen molar-refractivity contribution in [3.63, 3.8) is 0 Å². The fraction of sp³-hybridized carbons (Fsp3) is 0.924. The first-order valence-electron chi connectivity index (χ1n) is 45.1. The van der Waals surface area contributed by atoms with E-state index in [0.29, 0.717) is 0 Å². The Morgan fingerprint density at radius 2 is 0.627 bits per heavy atom. The molecule has 142 heavy (non-hydrogen) atoms. The number of nitrogens with one attached hydrogen (secondary N) is 5. The van der Waals surface area contributed by atoms with Crippen molar-refractivity contribution in [1.82, 2.24) is 26.6 Å². The van der Waals surface area contributed by atoms with Crippen molar-refractivity contribution in [2.24, 2.45) is 0 Å². The highest BCUT2D eigenvalue weighted by atomic mass is 16.8. The van der Waals surface area contributed by atoms with E-state index in [0.717, 1.165) is 34.6 Å². The molecule has 36 N–H and O–H groups in total. The SMILES string of the molecule is CC(=O)N[C@@H]1[C@@H](O)[C@H](O[C@@H]2O[C@H](CO)[C@@H](O[C@@H]3O[C@H](CO[C@H]4O[C@H](CO)[C@@H](O)[C@H](O)[C@@H]4O[C@@H]4O[C@H](CO)[C@@H](O[C@@H]5O[C@H](CO)[C@H](O)[C@H](O)[C@H]5O)[C@H](O[C@@H]5O[C@@H](C)[C@@H](O)[C@@H](O)[C@@H]5O)[C@H]4NC(C)=O)[C@@H](O)[C@H](O[C@H]4O[C@H](CO)[C@@H](O)[C@H](O)[C@@H]4O[C@@H]4O[C@H](CO)[C@@H](O[C@@H]5O[C@H](CO[C@]6(C(=O)O)C[C@H](O)[C@@H](NC(C)=O)[C@H]([C@H](O)[C@H](O)CO)O6)[C@H](O)[C@H](O)[C@H]5O)[C@H](O)[C@H]4NC(C)=O)[C@@H]3O)[C@H](O)[C@H]2NC(C)=O)[C@@H](CO)O[C@H]1O. The minimum absolute atomic E-state index is 0.829. The third-order valence-corrected chi connectivity index (χ3v) is 25.9. The Labute approximate surface area is 803 Å². The van der Waals surface area contributed by atoms with Gasteiger partial charge in [0.1, 0.15) is 256 Å². The van der Waals surface area contributed by atoms with Crippen LogP contribution in [-0.2, 0) is 128 Å². The van der Waals surface area contributed by atoms with E-state index in [9.17, 15) is 187 Å². The normalized spacial score (nSPS) is 48.0. The molecule has 0 aromatic rings. The van der Waals surface area contributed by atoms with Gasteiger partial charge in [0, 0.05) is 41.0 Å². The first-order chi connectivity index (χ1) is 67.0. The van der Waals surface area contributed by atoms with Gasteiger partial charge in [0.2, 0.25) is 29.5 Å². The number of carboxylic acids is 1. The molecular weight excluding hydrogens is 1950 g/mol. The van der Waals surface area contributed by atoms with Crippen LogP contribution in [-0.4, -0.2) is 603 Å². The first kappa shape index (κ1) is 117. The summed E-state index contributed by atoms with van der Waals surface area (Å²) in [6, 6.07) is -9.65. The van der Waals surface area contributed by atoms with Gasteiger partial charge in [-0.1, -0.05) is 0 Å². The van der Waals surface area contributed by atoms with Gasteiger partial charge in [-0.3, -0.25) is 24.0 Å². The third kappa shape index (κ3) is 25.8. The fourth-order valence-electron chi connectivity index (χ4n) is 18.4. The van der Waals surface area contributed by atoms with Crippen molar-refractivity contribution < 1.29 is 287 Å². The topological polar surface area (TPSA) is 984 Å². The number of carbonyl (C=O) groups excluding carboxylic acids is 5. The largest absolute Gasteiger partial charge is 0.477 e. The van der Waals surface area contributed by atoms with Gasteiger partial charge in [0.15, 0.2) is 62.9 Å². The molecule has 63 heteroatoms. The van der Waals surface area contributed by atoms with Gasteiger partial charge in [-0.25, -0.2) is 4.79 Å². The second-order valence-electron chi connectivity index (χ2n) is 36.0. The molecule has 0 aliphatic carbocycles. The van der Waals surface area contributed by atoms with Crippen LogP contribution in [0, 0.1) is 0 Å². The zero-order chi connectivity index (χ0) is 105. The lowest BCUT2D eigenvalue weighted by Crippen LogP contribution is -2.71. The zero-order valence-electron chi connectivity index (χ0n) is 76.4. The Morgan fingerprint density at radius 3 is 1.08 bits per heavy atom. The van der Waals surface area contributed by atoms with E-state index in [-0.39, 0.29) is 0 Å². The average molecular weight is 2080 g/mol. The standard InChI is InChI=1S/C79H131N5O58/c1-18-40(100)50(110)55(115)72(124-18)138-64-39(84-23(6)97)71(131-32(15-92)62(64)137-73-56(116)51(111)42(102)26(9-86)126-73)140-66-53(113)43(103)27(10-87)127-76(66)122-16-33-46(106)65(58(118)75(132-33)136-61-31(14-91)129-69(37(48(61)108)82-21(4)95)134-59-29(12-89)125-68(119)36(47(59)107)81-20(3)94)139-77-67(54(114)44(104)28(11-88)128-77)141-70-38(83-22(5)96)49(109)60(30(13-90)130-70)135-74-57(117)52(112)45(105)34(133-74)17-123-79(78(120)121)7-24(98)35(80-19(2)93)63(142-79)41(101)25(99)8-85/h18,24-77,85-92,98-119H,7-17H2,1-6H3,(H,80,93)(H,81,94)(H,82,95)(H,83,96)(H,84,97)(H,120,121)/t18-,24-,25+,26+,27+,28+,29+,30+,31+,32+,33+,34+,35+,36+,37+,38+,39+,40+,41+,42-,43+,44+,45-,46+,47+,48+,49+,50+,51-,52-,53-,54-,55-,56+,57+,58-,59+,60+,61+,62+,63+,64+,65-,66-,67-,68+,69-,70-,71-,72-,73-,74-,75-,76-,77+,79+/m0/s1. The highest BCUT2D eigenvalue weighted by Gasteiger charge is 2.64. The summed E-state index contributed by atoms with van der Waals surface area (Å²) in [5.74, 6) is -10.0. The van der Waals surface area contributed by atoms with Crippen molar-refractivity contribution >= 4 is 35.5 Å². The van der Waals surface area contributed by atoms with Crippen LogP contribution in [0.3, 0.4) is 0 Å². The predicted molar refractivity (Wildman–Crippen MR) is 436 cm³/mol. The van der Waals surface area contributed by atoms with Gasteiger partial charge < -0.3 is 284 Å². The van der Waals surface area contributed by atoms with Crippen LogP contribution in [0.5, 0.6) is 0 Å². The van der Waals surface area contributed by atoms with E-state index >= 15 is 0 Å². The van der Waals surface area contributed by atoms with Gasteiger partial charge in [-0.05, 0) is 6.92 Å². The highest BCUT2D eigenvalue weighted by molar-refractivity contribution is 5.77. The maximum Gasteiger partial charge on any atom is 0.364 e. The summed E-state index contributed by atoms with van der Waals surface area (Å²) in [6.45, 7) is -6.39. The van der Waals surface area contributed by atoms with E-state index in [1.807, 2.05) is 0 Å². The summed E-state index contributed by atoms with van der Waals surface area (Å²) in [6.07, 6.45) is -111. The molecule has 0 aromatic heterocycles. The predicted octanol–water partition coefficient (Wildman–Crippen LogP) is -24.0. The molecule has 56 atom stereocenters. The van der Waals surface area contributed by atoms with Gasteiger partial charge >= 0.3 is 5.97 Å². The molecule has 0 saturated carbocycles. The van der Waals surface area contributed by atoms with Crippen molar-refractivity contribution in [2.45, 2.75) is 391 Å². The molecule has 11 aliphatic rings. The lowest BCUT2D eigenvalue weighted by atomic mass is 9.88. The molecule has 0 unspecified atom stereocenters. The maximum absolute atomic E-state index is 13.5. The van der Waals surface area contributed by atoms with Crippen molar-refractivity contribution in [3.8, 4) is 0 Å². The van der Waals surface area contributed by atoms with E-state index in [1.54, 1.807) is 0 Å². The second kappa shape index (κ2) is 50.6. The Balaban J connectivity index is 0.923. The Morgan fingerprint density at radius 1 is 0.303 bits per heavy atom. The molecule has 11 aliphatic heterocycles. The number of ether oxygens (including phenoxy) is 21. The van der Waals surface area contributed by atoms with Gasteiger partial charge in [0.25, 0.3) is 5.79 Å². The number of aliphatic carboxylic acids is 1. The van der Waals surface area contributed by atoms with Crippen molar-refractivity contribution in [1.29, 1.82) is 0 Å². The zero-order valence-corrected chi connectivity index (χ0v) is 76.4. The Hall–Kier alpha value is -5.22. The van der Waals surface area contributed by atoms with E-state index < -0.39 is 451 Å². The molecule has 11 rings (SSSR count). The summed E-state index contributed by atoms with van der Waals surface area (Å²) in [5, 5.41) is 361. The molecule has 0 radical (unpaired) electrons. The number of rotatable bonds is 38. The van der Waals surface area contributed by atoms with E-state index in [1.165, 1.54) is 6.92 Å². The molecule has 11 fully saturated rings. The number of carboxylic acid groups (broad SMARTS) is 1. The van der Waals surface area contributed by atoms with Crippen molar-refractivity contribution in [2.75, 3.05) is 66.1 Å². The van der Waals surface area contributed by atoms with Crippen LogP contribution in [0.4, 0.5) is 0 Å². The van der Waals surface area contributed by atoms with Gasteiger partial charge in [-0.2, -0.15) is 0 Å². The molecule has 11 saturated heterocycles. The number of hydrogen-bond donors (Lipinski definition) is 36. The number of aliphatic hydroxyl groups excluding tert-OH is 30. The minimum atomic E-state index is -3.12. The molecule has 0 bridgehead atoms. The fourth-order valence-corrected chi connectivity index (χ4v) is 18.4. The first-order valence-corrected chi connectivity index (χ1v) is 45.1. The van der Waals surface area contributed by atoms with Crippen LogP contribution in [0.2, 0.25) is 0 Å². The van der Waals surface area contributed by atoms with Gasteiger partial charge in [-0.15, -0.1) is 0 Å². The third-order valence-electron chi connectivity index (χ3n) is 25.9. The average Bonchev–Trinajstić information content (AvgIpc) is 0.765. The summed E-state index contributed by atoms with van der Waals surface area (Å²) in [7, 11) is 0. The van der Waals surface area contributed by atoms with Crippen molar-refractivity contribution in [3.05, 3.63) is 0 Å². The summed E-state index contributed by atoms with van der Waals surface area (Å²) >= 11 is 0. The maximum atomic E-state index is 13.5. The van der Waals surface area contributed by atoms with Crippen LogP contribution >= 0.6 is 0 Å². The quantitative estimate of drug-likeness (QED) is 0.0273. The van der Waals surface area contributed by atoms with E-state index in [4.69, 9.17) is 99.5 Å². The molecular formula is C79H131N5O58. The molecule has 5 amide bonds. The summed E-state index contributed by atoms with van der Waals surface area (Å²) < 4.78 is 126. The number of amides is 5. The number of hydrogen-bond acceptors (Lipinski definition) is 57. The molecule has 11 heterocycles. The van der Waals surface area contributed by atoms with E-state index in [2.05, 4.69) is 26.6 Å². The molecule has 63 nitrogen and oxygen atoms in total. The lowest BCUT2D eigenvalue weighted by molar-refractivity contribution is -0.400. The monoisotopic (exact) mass is 2080 g/mol. The van der Waals surface area contributed by atoms with Crippen LogP contribution in [0.25, 0.3) is 0 Å². The second-order valence-corrected chi connectivity index (χ2v) is 36.0. The molecule has 0 spiro atoms. The van der Waals surface area contributed by atoms with Crippen LogP contribution < -0.4 is 26.6 Å². The Kier molecular flexibility index (Phi) is 41.7. The molecule has 820 valence electrons. The molecule has 0 aromatic carbocycles. The number of aliphatic hydroxyl groups is 30. The smallest absolute Gasteiger partial charge is 0.364 e. The van der Waals surface area contributed by atoms with Gasteiger partial charge in [0.05, 0.1) is 84.3 Å². The summed E-state index contributed by atoms with van der Waals surface area (Å²) in [5.41, 5.74) is 0. The minimum Gasteiger partial charge on any atom is -0.477 e. The Bertz CT molecular complexity index is 4010. The summed E-state index contributed by atoms with van der Waals surface area (Å²) in [4.78, 5) is 77.6.